The minimum atomic E-state index is -2.16. The molecule has 30 valence electrons. The van der Waals surface area contributed by atoms with Crippen molar-refractivity contribution in [3.8, 4) is 0 Å². The Balaban J connectivity index is 2.85. The highest BCUT2D eigenvalue weighted by atomic mass is 16.5. The molecule has 0 aromatic heterocycles. The van der Waals surface area contributed by atoms with Gasteiger partial charge in [-0.25, -0.2) is 0 Å². The lowest BCUT2D eigenvalue weighted by molar-refractivity contribution is -0.0221. The van der Waals surface area contributed by atoms with E-state index in [1.807, 2.05) is 0 Å². The molecule has 1 fully saturated rings. The maximum atomic E-state index is 7.20. The van der Waals surface area contributed by atoms with Crippen LogP contribution in [-0.2, 0) is 4.74 Å². The van der Waals surface area contributed by atoms with Gasteiger partial charge in [-0.05, 0) is 0 Å². The second kappa shape index (κ2) is 0.977. The zero-order valence-corrected chi connectivity index (χ0v) is 2.91. The standard InChI is InChI=1S/C4H8O/c1-4-2-5-3-4/h4H,2-3H2,1H3/i2D2,3D2,4D. The molecule has 0 atom stereocenters. The van der Waals surface area contributed by atoms with Crippen molar-refractivity contribution in [3.05, 3.63) is 0 Å². The number of hydrogen-bond donors (Lipinski definition) is 0. The second-order valence-corrected chi connectivity index (χ2v) is 0.931. The van der Waals surface area contributed by atoms with E-state index in [9.17, 15) is 0 Å². The molecular formula is C4H8O. The predicted molar refractivity (Wildman–Crippen MR) is 20.0 cm³/mol. The third kappa shape index (κ3) is 0.428. The molecule has 1 heteroatoms. The van der Waals surface area contributed by atoms with Crippen LogP contribution in [0.4, 0.5) is 0 Å². The smallest absolute Gasteiger partial charge is 0.0570 e. The quantitative estimate of drug-likeness (QED) is 0.412. The first-order valence-corrected chi connectivity index (χ1v) is 1.41. The molecule has 0 spiro atoms. The summed E-state index contributed by atoms with van der Waals surface area (Å²) in [6.07, 6.45) is 0. The maximum absolute atomic E-state index is 7.20. The van der Waals surface area contributed by atoms with Crippen molar-refractivity contribution in [1.29, 1.82) is 0 Å². The van der Waals surface area contributed by atoms with E-state index in [1.165, 1.54) is 6.92 Å². The Labute approximate surface area is 39.0 Å². The first kappa shape index (κ1) is 0.784. The second-order valence-electron chi connectivity index (χ2n) is 0.931. The molecule has 0 bridgehead atoms. The molecule has 0 radical (unpaired) electrons. The van der Waals surface area contributed by atoms with E-state index in [0.717, 1.165) is 0 Å². The van der Waals surface area contributed by atoms with Gasteiger partial charge in [0.1, 0.15) is 0 Å². The molecule has 0 aromatic rings. The van der Waals surface area contributed by atoms with Crippen LogP contribution in [0.5, 0.6) is 0 Å². The average molecular weight is 77.1 g/mol. The molecule has 0 unspecified atom stereocenters. The fourth-order valence-electron chi connectivity index (χ4n) is 0.153. The fourth-order valence-corrected chi connectivity index (χ4v) is 0.153. The van der Waals surface area contributed by atoms with Crippen molar-refractivity contribution in [2.24, 2.45) is 5.89 Å². The summed E-state index contributed by atoms with van der Waals surface area (Å²) in [4.78, 5) is 0. The minimum Gasteiger partial charge on any atom is -0.381 e. The van der Waals surface area contributed by atoms with E-state index in [0.29, 0.717) is 0 Å². The number of ether oxygens (including phenoxy) is 1. The van der Waals surface area contributed by atoms with Gasteiger partial charge >= 0.3 is 0 Å². The molecule has 0 N–H and O–H groups in total. The summed E-state index contributed by atoms with van der Waals surface area (Å²) in [6.45, 7) is -3.14. The van der Waals surface area contributed by atoms with Crippen LogP contribution in [0.3, 0.4) is 0 Å². The van der Waals surface area contributed by atoms with Crippen LogP contribution in [0.15, 0.2) is 0 Å². The third-order valence-corrected chi connectivity index (χ3v) is 0.408. The summed E-state index contributed by atoms with van der Waals surface area (Å²) in [7, 11) is 0. The third-order valence-electron chi connectivity index (χ3n) is 0.408. The normalized spacial score (nSPS) is 67.0. The highest BCUT2D eigenvalue weighted by molar-refractivity contribution is 4.56. The molecular weight excluding hydrogens is 64.0 g/mol. The van der Waals surface area contributed by atoms with E-state index in [1.54, 1.807) is 0 Å². The Morgan fingerprint density at radius 3 is 2.80 bits per heavy atom. The molecule has 0 saturated carbocycles. The van der Waals surface area contributed by atoms with Crippen molar-refractivity contribution in [3.63, 3.8) is 0 Å². The molecule has 5 heavy (non-hydrogen) atoms. The van der Waals surface area contributed by atoms with Crippen LogP contribution < -0.4 is 0 Å². The van der Waals surface area contributed by atoms with Gasteiger partial charge in [-0.15, -0.1) is 0 Å². The van der Waals surface area contributed by atoms with Crippen molar-refractivity contribution in [1.82, 2.24) is 0 Å². The van der Waals surface area contributed by atoms with Gasteiger partial charge in [0.2, 0.25) is 0 Å². The molecule has 0 aromatic carbocycles. The predicted octanol–water partition coefficient (Wildman–Crippen LogP) is 0.653. The van der Waals surface area contributed by atoms with E-state index in [4.69, 9.17) is 6.85 Å². The SMILES string of the molecule is [2H]C1([2H])OC([2H])([2H])C1([2H])C. The summed E-state index contributed by atoms with van der Waals surface area (Å²) >= 11 is 0. The Morgan fingerprint density at radius 1 is 2.20 bits per heavy atom. The van der Waals surface area contributed by atoms with Crippen LogP contribution in [0, 0.1) is 5.89 Å². The van der Waals surface area contributed by atoms with E-state index >= 15 is 0 Å². The summed E-state index contributed by atoms with van der Waals surface area (Å²) in [6, 6.07) is 0. The van der Waals surface area contributed by atoms with Crippen LogP contribution in [0.25, 0.3) is 0 Å². The van der Waals surface area contributed by atoms with Gasteiger partial charge in [0.25, 0.3) is 0 Å². The van der Waals surface area contributed by atoms with Crippen LogP contribution in [0.2, 0.25) is 0 Å². The summed E-state index contributed by atoms with van der Waals surface area (Å²) in [5.41, 5.74) is 0. The Kier molecular flexibility index (Phi) is 0.153. The van der Waals surface area contributed by atoms with Crippen molar-refractivity contribution in [2.45, 2.75) is 6.92 Å². The summed E-state index contributed by atoms with van der Waals surface area (Å²) in [5, 5.41) is 0. The number of rotatable bonds is 0. The molecule has 0 aliphatic carbocycles. The largest absolute Gasteiger partial charge is 0.381 e. The van der Waals surface area contributed by atoms with Gasteiger partial charge in [0.05, 0.1) is 18.6 Å². The van der Waals surface area contributed by atoms with Crippen molar-refractivity contribution in [2.75, 3.05) is 13.1 Å². The highest BCUT2D eigenvalue weighted by Gasteiger charge is 2.09. The van der Waals surface area contributed by atoms with Crippen LogP contribution >= 0.6 is 0 Å². The van der Waals surface area contributed by atoms with E-state index < -0.39 is 19.0 Å². The molecule has 1 rings (SSSR count). The molecule has 1 heterocycles. The fraction of sp³-hybridized carbons (Fsp3) is 1.00. The highest BCUT2D eigenvalue weighted by Crippen LogP contribution is 2.05. The van der Waals surface area contributed by atoms with Crippen molar-refractivity contribution >= 4 is 0 Å². The molecule has 0 amide bonds. The maximum Gasteiger partial charge on any atom is 0.0570 e. The monoisotopic (exact) mass is 77.1 g/mol. The molecule has 1 aliphatic heterocycles. The Bertz CT molecular complexity index is 147. The van der Waals surface area contributed by atoms with E-state index in [-0.39, 0.29) is 0 Å². The van der Waals surface area contributed by atoms with Gasteiger partial charge in [-0.1, -0.05) is 6.92 Å². The van der Waals surface area contributed by atoms with Crippen LogP contribution in [-0.4, -0.2) is 13.1 Å². The van der Waals surface area contributed by atoms with Gasteiger partial charge in [0, 0.05) is 7.26 Å². The average Bonchev–Trinajstić information content (AvgIpc) is 1.61. The van der Waals surface area contributed by atoms with Gasteiger partial charge in [0.15, 0.2) is 0 Å². The lowest BCUT2D eigenvalue weighted by Gasteiger charge is -2.20. The van der Waals surface area contributed by atoms with Crippen LogP contribution in [0.1, 0.15) is 13.8 Å². The first-order chi connectivity index (χ1) is 4.21. The topological polar surface area (TPSA) is 9.23 Å². The first-order valence-electron chi connectivity index (χ1n) is 3.91. The zero-order chi connectivity index (χ0) is 8.21. The molecule has 1 saturated heterocycles. The Morgan fingerprint density at radius 2 is 2.80 bits per heavy atom. The van der Waals surface area contributed by atoms with Crippen molar-refractivity contribution < 1.29 is 11.6 Å². The minimum absolute atomic E-state index is 1.18. The molecule has 1 nitrogen and oxygen atoms in total. The Hall–Kier alpha value is -0.0400. The number of hydrogen-bond acceptors (Lipinski definition) is 1. The van der Waals surface area contributed by atoms with Gasteiger partial charge in [-0.2, -0.15) is 0 Å². The van der Waals surface area contributed by atoms with Gasteiger partial charge in [-0.3, -0.25) is 0 Å². The molecule has 1 aliphatic rings. The summed E-state index contributed by atoms with van der Waals surface area (Å²) < 4.78 is 39.2. The van der Waals surface area contributed by atoms with E-state index in [2.05, 4.69) is 4.74 Å². The van der Waals surface area contributed by atoms with Gasteiger partial charge < -0.3 is 4.74 Å². The lowest BCUT2D eigenvalue weighted by atomic mass is 10.2. The zero-order valence-electron chi connectivity index (χ0n) is 7.91. The lowest BCUT2D eigenvalue weighted by Crippen LogP contribution is -2.23. The summed E-state index contributed by atoms with van der Waals surface area (Å²) in [5.74, 6) is -1.79.